The Morgan fingerprint density at radius 2 is 1.91 bits per heavy atom. The number of alkyl halides is 3. The normalized spacial score (nSPS) is 18.0. The number of nitrogens with one attached hydrogen (secondary N) is 1. The van der Waals surface area contributed by atoms with E-state index < -0.39 is 23.8 Å². The number of nitrogens with two attached hydrogens (primary N) is 1. The topological polar surface area (TPSA) is 110 Å². The third-order valence-electron chi connectivity index (χ3n) is 7.25. The molecule has 1 aromatic carbocycles. The number of fused-ring (bicyclic) bond motifs is 1. The predicted molar refractivity (Wildman–Crippen MR) is 159 cm³/mol. The number of rotatable bonds is 6. The molecule has 43 heavy (non-hydrogen) atoms. The van der Waals surface area contributed by atoms with E-state index in [4.69, 9.17) is 10.5 Å². The summed E-state index contributed by atoms with van der Waals surface area (Å²) in [5.41, 5.74) is 6.78. The van der Waals surface area contributed by atoms with E-state index in [-0.39, 0.29) is 18.2 Å². The van der Waals surface area contributed by atoms with Gasteiger partial charge < -0.3 is 20.7 Å². The molecule has 8 nitrogen and oxygen atoms in total. The summed E-state index contributed by atoms with van der Waals surface area (Å²) >= 11 is 0. The molecule has 3 N–H and O–H groups in total. The number of amides is 2. The Hall–Kier alpha value is -4.41. The van der Waals surface area contributed by atoms with Crippen LogP contribution in [0.1, 0.15) is 60.7 Å². The number of pyridine rings is 2. The van der Waals surface area contributed by atoms with Crippen LogP contribution in [0.5, 0.6) is 5.75 Å². The van der Waals surface area contributed by atoms with Gasteiger partial charge in [0.15, 0.2) is 0 Å². The third kappa shape index (κ3) is 7.91. The molecule has 0 saturated carbocycles. The van der Waals surface area contributed by atoms with Gasteiger partial charge in [0.05, 0.1) is 23.4 Å². The van der Waals surface area contributed by atoms with Gasteiger partial charge in [-0.25, -0.2) is 4.98 Å². The number of carbonyl (C=O) groups is 2. The Balaban J connectivity index is 0.00000207. The van der Waals surface area contributed by atoms with Gasteiger partial charge in [0, 0.05) is 37.1 Å². The maximum absolute atomic E-state index is 14.1. The maximum atomic E-state index is 14.1. The van der Waals surface area contributed by atoms with Crippen molar-refractivity contribution in [2.75, 3.05) is 25.4 Å². The Labute approximate surface area is 249 Å². The number of aryl methyl sites for hydroxylation is 1. The number of anilines is 1. The zero-order valence-electron chi connectivity index (χ0n) is 24.4. The summed E-state index contributed by atoms with van der Waals surface area (Å²) in [5, 5.41) is 2.68. The molecule has 1 fully saturated rings. The molecule has 228 valence electrons. The van der Waals surface area contributed by atoms with Crippen LogP contribution >= 0.6 is 0 Å². The van der Waals surface area contributed by atoms with Gasteiger partial charge >= 0.3 is 6.18 Å². The van der Waals surface area contributed by atoms with Gasteiger partial charge in [0.2, 0.25) is 5.91 Å². The van der Waals surface area contributed by atoms with Gasteiger partial charge in [0.1, 0.15) is 17.7 Å². The molecule has 2 amide bonds. The van der Waals surface area contributed by atoms with E-state index >= 15 is 0 Å². The van der Waals surface area contributed by atoms with Crippen LogP contribution in [0, 0.1) is 5.92 Å². The summed E-state index contributed by atoms with van der Waals surface area (Å²) < 4.78 is 48.2. The van der Waals surface area contributed by atoms with Crippen molar-refractivity contribution in [2.24, 2.45) is 5.92 Å². The zero-order valence-corrected chi connectivity index (χ0v) is 24.4. The average Bonchev–Trinajstić information content (AvgIpc) is 3.45. The summed E-state index contributed by atoms with van der Waals surface area (Å²) in [5.74, 6) is 0.0367. The fraction of sp³-hybridized carbons (Fsp3) is 0.375. The highest BCUT2D eigenvalue weighted by Gasteiger charge is 2.38. The summed E-state index contributed by atoms with van der Waals surface area (Å²) in [4.78, 5) is 35.0. The first-order valence-electron chi connectivity index (χ1n) is 14.4. The minimum atomic E-state index is -4.66. The van der Waals surface area contributed by atoms with Crippen molar-refractivity contribution in [3.05, 3.63) is 77.1 Å². The van der Waals surface area contributed by atoms with Gasteiger partial charge in [0.25, 0.3) is 5.91 Å². The lowest BCUT2D eigenvalue weighted by Crippen LogP contribution is -2.37. The average molecular weight is 596 g/mol. The molecule has 0 spiro atoms. The van der Waals surface area contributed by atoms with Gasteiger partial charge in [-0.1, -0.05) is 20.8 Å². The van der Waals surface area contributed by atoms with Crippen LogP contribution in [-0.2, 0) is 17.4 Å². The van der Waals surface area contributed by atoms with Crippen molar-refractivity contribution in [1.29, 1.82) is 0 Å². The van der Waals surface area contributed by atoms with E-state index in [1.54, 1.807) is 41.3 Å². The molecule has 11 heteroatoms. The van der Waals surface area contributed by atoms with Gasteiger partial charge in [-0.05, 0) is 78.8 Å². The molecule has 2 aromatic heterocycles. The number of hydrogen-bond donors (Lipinski definition) is 2. The smallest absolute Gasteiger partial charge is 0.419 e. The number of nitrogens with zero attached hydrogens (tertiary/aromatic N) is 3. The van der Waals surface area contributed by atoms with Crippen molar-refractivity contribution in [2.45, 2.75) is 52.3 Å². The number of nitrogen functional groups attached to an aromatic ring is 1. The van der Waals surface area contributed by atoms with Crippen LogP contribution in [0.25, 0.3) is 17.3 Å². The Bertz CT molecular complexity index is 1460. The highest BCUT2D eigenvalue weighted by molar-refractivity contribution is 5.94. The summed E-state index contributed by atoms with van der Waals surface area (Å²) in [7, 11) is 0. The Morgan fingerprint density at radius 3 is 2.53 bits per heavy atom. The van der Waals surface area contributed by atoms with Crippen molar-refractivity contribution in [3.63, 3.8) is 0 Å². The lowest BCUT2D eigenvalue weighted by atomic mass is 9.94. The fourth-order valence-electron chi connectivity index (χ4n) is 5.01. The van der Waals surface area contributed by atoms with Crippen LogP contribution in [0.15, 0.2) is 54.9 Å². The lowest BCUT2D eigenvalue weighted by molar-refractivity contribution is -0.139. The minimum absolute atomic E-state index is 0.0501. The van der Waals surface area contributed by atoms with Gasteiger partial charge in [-0.3, -0.25) is 14.6 Å². The summed E-state index contributed by atoms with van der Waals surface area (Å²) in [6.07, 6.45) is 2.23. The second-order valence-electron chi connectivity index (χ2n) is 10.5. The predicted octanol–water partition coefficient (Wildman–Crippen LogP) is 5.78. The van der Waals surface area contributed by atoms with Crippen LogP contribution in [0.4, 0.5) is 19.0 Å². The van der Waals surface area contributed by atoms with Crippen molar-refractivity contribution >= 4 is 23.7 Å². The molecule has 2 aliphatic rings. The third-order valence-corrected chi connectivity index (χ3v) is 7.25. The molecule has 4 heterocycles. The molecule has 3 aromatic rings. The highest BCUT2D eigenvalue weighted by atomic mass is 19.4. The molecule has 2 atom stereocenters. The molecule has 1 saturated heterocycles. The monoisotopic (exact) mass is 595 g/mol. The van der Waals surface area contributed by atoms with E-state index in [9.17, 15) is 22.8 Å². The maximum Gasteiger partial charge on any atom is 0.419 e. The molecule has 2 aliphatic heterocycles. The first-order chi connectivity index (χ1) is 20.6. The van der Waals surface area contributed by atoms with Crippen molar-refractivity contribution in [3.8, 4) is 17.0 Å². The highest BCUT2D eigenvalue weighted by Crippen LogP contribution is 2.43. The number of benzene rings is 1. The van der Waals surface area contributed by atoms with Crippen molar-refractivity contribution in [1.82, 2.24) is 20.2 Å². The van der Waals surface area contributed by atoms with E-state index in [2.05, 4.69) is 22.2 Å². The number of ether oxygens (including phenoxy) is 1. The van der Waals surface area contributed by atoms with Crippen molar-refractivity contribution < 1.29 is 27.5 Å². The van der Waals surface area contributed by atoms with E-state index in [1.165, 1.54) is 18.5 Å². The zero-order chi connectivity index (χ0) is 31.1. The van der Waals surface area contributed by atoms with Gasteiger partial charge in [-0.15, -0.1) is 0 Å². The quantitative estimate of drug-likeness (QED) is 0.350. The number of aromatic nitrogens is 2. The minimum Gasteiger partial charge on any atom is -0.488 e. The van der Waals surface area contributed by atoms with Crippen LogP contribution in [-0.4, -0.2) is 52.4 Å². The number of hydrogen-bond acceptors (Lipinski definition) is 6. The first-order valence-corrected chi connectivity index (χ1v) is 14.4. The van der Waals surface area contributed by atoms with E-state index in [0.717, 1.165) is 12.5 Å². The van der Waals surface area contributed by atoms with Crippen LogP contribution in [0.3, 0.4) is 0 Å². The number of likely N-dealkylation sites (tertiary alicyclic amines) is 1. The molecule has 2 unspecified atom stereocenters. The molecule has 0 aliphatic carbocycles. The molecule has 0 bridgehead atoms. The largest absolute Gasteiger partial charge is 0.488 e. The first kappa shape index (κ1) is 31.5. The summed E-state index contributed by atoms with van der Waals surface area (Å²) in [6, 6.07) is 9.16. The molecular formula is C32H36F3N5O3. The van der Waals surface area contributed by atoms with Crippen LogP contribution < -0.4 is 15.8 Å². The van der Waals surface area contributed by atoms with E-state index in [1.807, 2.05) is 13.8 Å². The van der Waals surface area contributed by atoms with Gasteiger partial charge in [-0.2, -0.15) is 13.2 Å². The number of carbonyl (C=O) groups excluding carboxylic acids is 2. The lowest BCUT2D eigenvalue weighted by Gasteiger charge is -2.29. The second-order valence-corrected chi connectivity index (χ2v) is 10.5. The Morgan fingerprint density at radius 1 is 1.12 bits per heavy atom. The second kappa shape index (κ2) is 13.7. The molecule has 0 radical (unpaired) electrons. The SMILES string of the molecule is CC.CC1CCN(C(=O)c2ccc(-c3cc4c(c(C(F)(F)F)c3)OC(CNC(=O)/C=C/c3ccc(N)nc3)CC4)nc2)C1. The van der Waals surface area contributed by atoms with E-state index in [0.29, 0.717) is 65.6 Å². The Kier molecular flexibility index (Phi) is 10.1. The number of halogens is 3. The summed E-state index contributed by atoms with van der Waals surface area (Å²) in [6.45, 7) is 7.51. The molecular weight excluding hydrogens is 559 g/mol. The standard InChI is InChI=1S/C30H30F3N5O3.C2H6/c1-18-10-11-38(17-18)29(40)21-5-7-25(35-15-21)22-12-20-4-6-23(41-28(20)24(13-22)30(31,32)33)16-37-27(39)9-3-19-2-8-26(34)36-14-19;1-2/h2-3,5,7-9,12-15,18,23H,4,6,10-11,16-17H2,1H3,(H2,34,36)(H,37,39);1-2H3/b9-3+;. The fourth-order valence-corrected chi connectivity index (χ4v) is 5.01. The van der Waals surface area contributed by atoms with Crippen LogP contribution in [0.2, 0.25) is 0 Å². The molecule has 5 rings (SSSR count).